The van der Waals surface area contributed by atoms with Crippen LogP contribution in [0, 0.1) is 0 Å². The van der Waals surface area contributed by atoms with E-state index < -0.39 is 30.0 Å². The van der Waals surface area contributed by atoms with Crippen molar-refractivity contribution < 1.29 is 30.8 Å². The van der Waals surface area contributed by atoms with Crippen LogP contribution in [0.2, 0.25) is 0 Å². The van der Waals surface area contributed by atoms with Gasteiger partial charge in [0.2, 0.25) is 5.92 Å². The Morgan fingerprint density at radius 3 is 1.87 bits per heavy atom. The van der Waals surface area contributed by atoms with Gasteiger partial charge in [-0.3, -0.25) is 0 Å². The molecule has 0 amide bonds. The van der Waals surface area contributed by atoms with Gasteiger partial charge in [0.1, 0.15) is 5.76 Å². The van der Waals surface area contributed by atoms with Crippen LogP contribution in [-0.4, -0.2) is 17.3 Å². The van der Waals surface area contributed by atoms with Crippen molar-refractivity contribution in [3.05, 3.63) is 12.0 Å². The van der Waals surface area contributed by atoms with Gasteiger partial charge in [0.05, 0.1) is 6.20 Å². The molecule has 0 aliphatic carbocycles. The number of nitrogens with two attached hydrogens (primary N) is 1. The maximum absolute atomic E-state index is 12.1. The average Bonchev–Trinajstić information content (AvgIpc) is 2.28. The Kier molecular flexibility index (Phi) is 2.58. The second-order valence-corrected chi connectivity index (χ2v) is 2.62. The fraction of sp³-hybridized carbons (Fsp3) is 0.500. The molecule has 15 heavy (non-hydrogen) atoms. The van der Waals surface area contributed by atoms with Gasteiger partial charge in [0.25, 0.3) is 6.01 Å². The van der Waals surface area contributed by atoms with E-state index in [9.17, 15) is 26.3 Å². The molecule has 0 spiro atoms. The molecule has 3 nitrogen and oxygen atoms in total. The van der Waals surface area contributed by atoms with E-state index in [1.807, 2.05) is 0 Å². The summed E-state index contributed by atoms with van der Waals surface area (Å²) in [6.45, 7) is 0. The van der Waals surface area contributed by atoms with Crippen LogP contribution in [0.4, 0.5) is 32.4 Å². The fourth-order valence-electron chi connectivity index (χ4n) is 0.942. The third-order valence-electron chi connectivity index (χ3n) is 1.48. The van der Waals surface area contributed by atoms with Gasteiger partial charge in [-0.05, 0) is 0 Å². The molecule has 0 saturated heterocycles. The van der Waals surface area contributed by atoms with Crippen LogP contribution in [0.25, 0.3) is 0 Å². The van der Waals surface area contributed by atoms with Gasteiger partial charge < -0.3 is 10.2 Å². The van der Waals surface area contributed by atoms with Gasteiger partial charge in [-0.2, -0.15) is 26.3 Å². The molecule has 1 aromatic rings. The number of aromatic nitrogens is 1. The predicted molar refractivity (Wildman–Crippen MR) is 35.8 cm³/mol. The summed E-state index contributed by atoms with van der Waals surface area (Å²) in [5.74, 6) is -5.07. The van der Waals surface area contributed by atoms with Crippen molar-refractivity contribution in [3.8, 4) is 0 Å². The second-order valence-electron chi connectivity index (χ2n) is 2.62. The minimum atomic E-state index is -5.50. The van der Waals surface area contributed by atoms with E-state index in [0.717, 1.165) is 0 Å². The van der Waals surface area contributed by atoms with Gasteiger partial charge in [0, 0.05) is 0 Å². The molecule has 86 valence electrons. The Hall–Kier alpha value is -1.41. The van der Waals surface area contributed by atoms with Crippen LogP contribution in [0.15, 0.2) is 10.6 Å². The van der Waals surface area contributed by atoms with Gasteiger partial charge in [0.15, 0.2) is 0 Å². The summed E-state index contributed by atoms with van der Waals surface area (Å²) >= 11 is 0. The molecule has 1 aromatic heterocycles. The zero-order valence-electron chi connectivity index (χ0n) is 6.86. The van der Waals surface area contributed by atoms with Crippen molar-refractivity contribution in [1.82, 2.24) is 4.98 Å². The maximum atomic E-state index is 12.1. The molecule has 0 saturated carbocycles. The summed E-state index contributed by atoms with van der Waals surface area (Å²) < 4.78 is 76.4. The number of oxazole rings is 1. The summed E-state index contributed by atoms with van der Waals surface area (Å²) in [6, 6.07) is -0.747. The van der Waals surface area contributed by atoms with E-state index in [1.165, 1.54) is 0 Å². The summed E-state index contributed by atoms with van der Waals surface area (Å²) in [7, 11) is 0. The lowest BCUT2D eigenvalue weighted by Crippen LogP contribution is -2.33. The maximum Gasteiger partial charge on any atom is 0.407 e. The highest BCUT2D eigenvalue weighted by atomic mass is 19.4. The highest BCUT2D eigenvalue weighted by Crippen LogP contribution is 2.46. The largest absolute Gasteiger partial charge is 0.428 e. The van der Waals surface area contributed by atoms with Crippen LogP contribution in [0.5, 0.6) is 0 Å². The second kappa shape index (κ2) is 3.31. The van der Waals surface area contributed by atoms with Crippen molar-refractivity contribution >= 4 is 6.01 Å². The minimum Gasteiger partial charge on any atom is -0.428 e. The van der Waals surface area contributed by atoms with Crippen LogP contribution < -0.4 is 5.73 Å². The van der Waals surface area contributed by atoms with Crippen molar-refractivity contribution in [1.29, 1.82) is 0 Å². The number of hydrogen-bond acceptors (Lipinski definition) is 3. The molecule has 9 heteroatoms. The molecule has 0 bridgehead atoms. The molecule has 0 fully saturated rings. The lowest BCUT2D eigenvalue weighted by atomic mass is 10.1. The van der Waals surface area contributed by atoms with Gasteiger partial charge in [-0.15, -0.1) is 0 Å². The highest BCUT2D eigenvalue weighted by molar-refractivity contribution is 5.16. The Labute approximate surface area is 78.9 Å². The zero-order valence-corrected chi connectivity index (χ0v) is 6.86. The van der Waals surface area contributed by atoms with Crippen molar-refractivity contribution in [2.24, 2.45) is 0 Å². The zero-order chi connectivity index (χ0) is 11.9. The molecule has 0 atom stereocenters. The first-order valence-electron chi connectivity index (χ1n) is 3.47. The number of alkyl halides is 6. The quantitative estimate of drug-likeness (QED) is 0.759. The summed E-state index contributed by atoms with van der Waals surface area (Å²) in [5.41, 5.74) is 4.79. The van der Waals surface area contributed by atoms with Gasteiger partial charge in [-0.1, -0.05) is 0 Å². The molecule has 0 unspecified atom stereocenters. The number of anilines is 1. The van der Waals surface area contributed by atoms with Crippen molar-refractivity contribution in [2.45, 2.75) is 18.3 Å². The first kappa shape index (κ1) is 11.7. The summed E-state index contributed by atoms with van der Waals surface area (Å²) in [5, 5.41) is 0. The van der Waals surface area contributed by atoms with Crippen LogP contribution in [-0.2, 0) is 0 Å². The third kappa shape index (κ3) is 2.54. The molecular formula is C6H4F6N2O. The summed E-state index contributed by atoms with van der Waals surface area (Å²) in [6.07, 6.45) is -10.7. The molecule has 2 N–H and O–H groups in total. The Bertz CT molecular complexity index is 326. The Morgan fingerprint density at radius 2 is 1.60 bits per heavy atom. The van der Waals surface area contributed by atoms with Crippen LogP contribution >= 0.6 is 0 Å². The normalized spacial score (nSPS) is 13.5. The van der Waals surface area contributed by atoms with E-state index in [-0.39, 0.29) is 0 Å². The highest BCUT2D eigenvalue weighted by Gasteiger charge is 2.59. The number of rotatable bonds is 1. The standard InChI is InChI=1S/C6H4F6N2O/c7-5(8,9)3(6(10,11)12)2-1-14-4(13)15-2/h1,3H,(H2,13,14). The average molecular weight is 234 g/mol. The first-order valence-corrected chi connectivity index (χ1v) is 3.47. The first-order chi connectivity index (χ1) is 6.62. The lowest BCUT2D eigenvalue weighted by Gasteiger charge is -2.20. The predicted octanol–water partition coefficient (Wildman–Crippen LogP) is 2.47. The third-order valence-corrected chi connectivity index (χ3v) is 1.48. The fourth-order valence-corrected chi connectivity index (χ4v) is 0.942. The van der Waals surface area contributed by atoms with Crippen molar-refractivity contribution in [2.75, 3.05) is 5.73 Å². The number of hydrogen-bond donors (Lipinski definition) is 1. The van der Waals surface area contributed by atoms with Gasteiger partial charge in [-0.25, -0.2) is 4.98 Å². The smallest absolute Gasteiger partial charge is 0.407 e. The monoisotopic (exact) mass is 234 g/mol. The van der Waals surface area contributed by atoms with Crippen molar-refractivity contribution in [3.63, 3.8) is 0 Å². The number of nitrogen functional groups attached to an aromatic ring is 1. The SMILES string of the molecule is Nc1ncc(C(C(F)(F)F)C(F)(F)F)o1. The van der Waals surface area contributed by atoms with E-state index in [0.29, 0.717) is 6.20 Å². The Morgan fingerprint density at radius 1 is 1.13 bits per heavy atom. The van der Waals surface area contributed by atoms with E-state index in [4.69, 9.17) is 5.73 Å². The lowest BCUT2D eigenvalue weighted by molar-refractivity contribution is -0.257. The topological polar surface area (TPSA) is 52.0 Å². The minimum absolute atomic E-state index is 0.307. The molecule has 0 aliphatic rings. The summed E-state index contributed by atoms with van der Waals surface area (Å²) in [4.78, 5) is 2.98. The number of halogens is 6. The molecule has 1 heterocycles. The van der Waals surface area contributed by atoms with Crippen LogP contribution in [0.1, 0.15) is 11.7 Å². The Balaban J connectivity index is 3.14. The number of nitrogens with zero attached hydrogens (tertiary/aromatic N) is 1. The van der Waals surface area contributed by atoms with Gasteiger partial charge >= 0.3 is 12.4 Å². The molecule has 0 aliphatic heterocycles. The molecule has 1 rings (SSSR count). The van der Waals surface area contributed by atoms with E-state index in [2.05, 4.69) is 9.40 Å². The molecule has 0 radical (unpaired) electrons. The van der Waals surface area contributed by atoms with E-state index in [1.54, 1.807) is 0 Å². The van der Waals surface area contributed by atoms with E-state index >= 15 is 0 Å². The molecule has 0 aromatic carbocycles. The van der Waals surface area contributed by atoms with Crippen LogP contribution in [0.3, 0.4) is 0 Å². The molecular weight excluding hydrogens is 230 g/mol.